The molecule has 6 nitrogen and oxygen atoms in total. The zero-order valence-corrected chi connectivity index (χ0v) is 13.6. The first-order valence-corrected chi connectivity index (χ1v) is 8.32. The first kappa shape index (κ1) is 17.5. The van der Waals surface area contributed by atoms with Crippen molar-refractivity contribution in [3.05, 3.63) is 35.4 Å². The van der Waals surface area contributed by atoms with Gasteiger partial charge in [-0.15, -0.1) is 0 Å². The van der Waals surface area contributed by atoms with Crippen molar-refractivity contribution in [3.8, 4) is 0 Å². The van der Waals surface area contributed by atoms with Crippen LogP contribution in [0.25, 0.3) is 0 Å². The molecule has 0 bridgehead atoms. The third kappa shape index (κ3) is 4.76. The Balaban J connectivity index is 3.14. The number of hydrogen-bond donors (Lipinski definition) is 2. The molecule has 4 N–H and O–H groups in total. The molecule has 0 fully saturated rings. The summed E-state index contributed by atoms with van der Waals surface area (Å²) in [5, 5.41) is 0. The van der Waals surface area contributed by atoms with Gasteiger partial charge in [0.2, 0.25) is 15.9 Å². The third-order valence-corrected chi connectivity index (χ3v) is 5.03. The number of hydrogen-bond acceptors (Lipinski definition) is 4. The number of nitrogens with two attached hydrogens (primary N) is 2. The van der Waals surface area contributed by atoms with Gasteiger partial charge in [-0.2, -0.15) is 4.31 Å². The van der Waals surface area contributed by atoms with Gasteiger partial charge in [0.05, 0.1) is 12.3 Å². The number of nitrogens with zero attached hydrogens (tertiary/aromatic N) is 1. The van der Waals surface area contributed by atoms with E-state index < -0.39 is 15.9 Å². The highest BCUT2D eigenvalue weighted by Crippen LogP contribution is 2.17. The van der Waals surface area contributed by atoms with Gasteiger partial charge in [0.25, 0.3) is 0 Å². The summed E-state index contributed by atoms with van der Waals surface area (Å²) in [6.07, 6.45) is 0. The molecule has 0 radical (unpaired) electrons. The van der Waals surface area contributed by atoms with E-state index in [1.807, 2.05) is 0 Å². The van der Waals surface area contributed by atoms with Gasteiger partial charge in [0.1, 0.15) is 4.99 Å². The fourth-order valence-electron chi connectivity index (χ4n) is 1.92. The van der Waals surface area contributed by atoms with Crippen molar-refractivity contribution < 1.29 is 13.2 Å². The molecular formula is C13H19N3O3S2. The van der Waals surface area contributed by atoms with Crippen molar-refractivity contribution in [1.29, 1.82) is 0 Å². The average molecular weight is 329 g/mol. The average Bonchev–Trinajstić information content (AvgIpc) is 2.35. The second-order valence-corrected chi connectivity index (χ2v) is 7.24. The molecule has 0 aromatic heterocycles. The Morgan fingerprint density at radius 1 is 1.29 bits per heavy atom. The van der Waals surface area contributed by atoms with Gasteiger partial charge in [-0.1, -0.05) is 36.5 Å². The van der Waals surface area contributed by atoms with E-state index in [1.54, 1.807) is 38.1 Å². The van der Waals surface area contributed by atoms with Gasteiger partial charge in [-0.05, 0) is 19.4 Å². The van der Waals surface area contributed by atoms with Gasteiger partial charge in [-0.25, -0.2) is 8.42 Å². The maximum atomic E-state index is 12.5. The largest absolute Gasteiger partial charge is 0.389 e. The van der Waals surface area contributed by atoms with Crippen LogP contribution in [0.1, 0.15) is 25.0 Å². The molecule has 0 saturated heterocycles. The summed E-state index contributed by atoms with van der Waals surface area (Å²) in [6, 6.07) is 6.38. The zero-order chi connectivity index (χ0) is 16.2. The topological polar surface area (TPSA) is 106 Å². The Morgan fingerprint density at radius 3 is 2.33 bits per heavy atom. The number of carbonyl (C=O) groups excluding carboxylic acids is 1. The molecule has 0 atom stereocenters. The summed E-state index contributed by atoms with van der Waals surface area (Å²) in [5.74, 6) is -0.985. The van der Waals surface area contributed by atoms with E-state index in [4.69, 9.17) is 23.7 Å². The minimum absolute atomic E-state index is 0.131. The molecule has 0 spiro atoms. The summed E-state index contributed by atoms with van der Waals surface area (Å²) < 4.78 is 26.0. The van der Waals surface area contributed by atoms with Crippen LogP contribution in [0.2, 0.25) is 0 Å². The van der Waals surface area contributed by atoms with Crippen molar-refractivity contribution in [3.63, 3.8) is 0 Å². The number of amides is 1. The predicted molar refractivity (Wildman–Crippen MR) is 86.0 cm³/mol. The first-order valence-electron chi connectivity index (χ1n) is 6.30. The molecule has 0 heterocycles. The molecule has 1 rings (SSSR count). The molecule has 0 aliphatic heterocycles. The van der Waals surface area contributed by atoms with Crippen molar-refractivity contribution in [2.45, 2.75) is 25.6 Å². The minimum Gasteiger partial charge on any atom is -0.389 e. The molecule has 21 heavy (non-hydrogen) atoms. The quantitative estimate of drug-likeness (QED) is 0.702. The van der Waals surface area contributed by atoms with Crippen LogP contribution < -0.4 is 11.5 Å². The summed E-state index contributed by atoms with van der Waals surface area (Å²) in [7, 11) is -3.71. The second-order valence-electron chi connectivity index (χ2n) is 4.88. The van der Waals surface area contributed by atoms with Crippen molar-refractivity contribution in [1.82, 2.24) is 4.31 Å². The zero-order valence-electron chi connectivity index (χ0n) is 11.9. The van der Waals surface area contributed by atoms with E-state index in [0.29, 0.717) is 11.1 Å². The number of sulfonamides is 1. The van der Waals surface area contributed by atoms with Crippen LogP contribution in [0.15, 0.2) is 24.3 Å². The maximum absolute atomic E-state index is 12.5. The molecule has 1 aromatic rings. The summed E-state index contributed by atoms with van der Waals surface area (Å²) >= 11 is 4.92. The van der Waals surface area contributed by atoms with Crippen LogP contribution in [0, 0.1) is 0 Å². The molecule has 0 saturated carbocycles. The molecule has 0 unspecified atom stereocenters. The lowest BCUT2D eigenvalue weighted by molar-refractivity contribution is -0.118. The van der Waals surface area contributed by atoms with Crippen LogP contribution in [0.4, 0.5) is 0 Å². The van der Waals surface area contributed by atoms with E-state index in [-0.39, 0.29) is 23.3 Å². The van der Waals surface area contributed by atoms with Gasteiger partial charge >= 0.3 is 0 Å². The minimum atomic E-state index is -3.71. The molecule has 0 aliphatic rings. The monoisotopic (exact) mass is 329 g/mol. The first-order chi connectivity index (χ1) is 9.65. The van der Waals surface area contributed by atoms with E-state index in [9.17, 15) is 13.2 Å². The number of thiocarbonyl (C=S) groups is 1. The Morgan fingerprint density at radius 2 is 1.86 bits per heavy atom. The fourth-order valence-corrected chi connectivity index (χ4v) is 3.90. The van der Waals surface area contributed by atoms with Crippen LogP contribution >= 0.6 is 12.2 Å². The molecular weight excluding hydrogens is 310 g/mol. The Labute approximate surface area is 130 Å². The lowest BCUT2D eigenvalue weighted by Gasteiger charge is -2.25. The molecule has 1 amide bonds. The second kappa shape index (κ2) is 6.97. The SMILES string of the molecule is CC(C)N(CC(N)=O)S(=O)(=O)Cc1ccccc1C(N)=S. The Kier molecular flexibility index (Phi) is 5.82. The van der Waals surface area contributed by atoms with Gasteiger partial charge in [0, 0.05) is 11.6 Å². The molecule has 1 aromatic carbocycles. The number of benzene rings is 1. The highest BCUT2D eigenvalue weighted by atomic mass is 32.2. The van der Waals surface area contributed by atoms with Crippen molar-refractivity contribution in [2.75, 3.05) is 6.54 Å². The van der Waals surface area contributed by atoms with Crippen molar-refractivity contribution in [2.24, 2.45) is 11.5 Å². The Hall–Kier alpha value is -1.51. The maximum Gasteiger partial charge on any atom is 0.232 e. The van der Waals surface area contributed by atoms with Gasteiger partial charge < -0.3 is 11.5 Å². The summed E-state index contributed by atoms with van der Waals surface area (Å²) in [6.45, 7) is 3.01. The number of rotatable bonds is 7. The van der Waals surface area contributed by atoms with Crippen LogP contribution in [-0.2, 0) is 20.6 Å². The van der Waals surface area contributed by atoms with E-state index >= 15 is 0 Å². The predicted octanol–water partition coefficient (Wildman–Crippen LogP) is 0.346. The molecule has 116 valence electrons. The van der Waals surface area contributed by atoms with Crippen LogP contribution in [0.3, 0.4) is 0 Å². The number of carbonyl (C=O) groups is 1. The highest BCUT2D eigenvalue weighted by molar-refractivity contribution is 7.88. The number of primary amides is 1. The summed E-state index contributed by atoms with van der Waals surface area (Å²) in [4.78, 5) is 11.2. The lowest BCUT2D eigenvalue weighted by Crippen LogP contribution is -2.43. The summed E-state index contributed by atoms with van der Waals surface area (Å²) in [5.41, 5.74) is 11.7. The van der Waals surface area contributed by atoms with E-state index in [2.05, 4.69) is 0 Å². The molecule has 8 heteroatoms. The van der Waals surface area contributed by atoms with E-state index in [1.165, 1.54) is 0 Å². The molecule has 0 aliphatic carbocycles. The van der Waals surface area contributed by atoms with Gasteiger partial charge in [-0.3, -0.25) is 4.79 Å². The standard InChI is InChI=1S/C13H19N3O3S2/c1-9(2)16(7-12(14)17)21(18,19)8-10-5-3-4-6-11(10)13(15)20/h3-6,9H,7-8H2,1-2H3,(H2,14,17)(H2,15,20). The third-order valence-electron chi connectivity index (χ3n) is 2.87. The fraction of sp³-hybridized carbons (Fsp3) is 0.385. The highest BCUT2D eigenvalue weighted by Gasteiger charge is 2.27. The van der Waals surface area contributed by atoms with E-state index in [0.717, 1.165) is 4.31 Å². The van der Waals surface area contributed by atoms with Crippen LogP contribution in [0.5, 0.6) is 0 Å². The normalized spacial score (nSPS) is 11.8. The van der Waals surface area contributed by atoms with Crippen LogP contribution in [-0.4, -0.2) is 36.2 Å². The van der Waals surface area contributed by atoms with Gasteiger partial charge in [0.15, 0.2) is 0 Å². The smallest absolute Gasteiger partial charge is 0.232 e. The lowest BCUT2D eigenvalue weighted by atomic mass is 10.1. The van der Waals surface area contributed by atoms with Crippen molar-refractivity contribution >= 4 is 33.1 Å². The Bertz CT molecular complexity index is 642.